The highest BCUT2D eigenvalue weighted by Gasteiger charge is 2.46. The van der Waals surface area contributed by atoms with Gasteiger partial charge in [-0.15, -0.1) is 0 Å². The summed E-state index contributed by atoms with van der Waals surface area (Å²) in [6, 6.07) is 5.48. The van der Waals surface area contributed by atoms with Crippen molar-refractivity contribution in [3.05, 3.63) is 29.6 Å². The monoisotopic (exact) mass is 263 g/mol. The van der Waals surface area contributed by atoms with Crippen LogP contribution in [0.25, 0.3) is 0 Å². The number of halogens is 1. The first-order chi connectivity index (χ1) is 9.26. The number of hydrogen-bond acceptors (Lipinski definition) is 2. The molecule has 3 heteroatoms. The van der Waals surface area contributed by atoms with E-state index in [-0.39, 0.29) is 11.4 Å². The summed E-state index contributed by atoms with van der Waals surface area (Å²) in [6.07, 6.45) is 7.40. The number of hydrogen-bond donors (Lipinski definition) is 1. The van der Waals surface area contributed by atoms with Gasteiger partial charge in [-0.05, 0) is 55.8 Å². The second-order valence-electron chi connectivity index (χ2n) is 5.83. The molecule has 1 aliphatic heterocycles. The standard InChI is InChI=1S/C16H22FNO/c1-19-15-8-7-13(11-14(15)17)16(12-5-6-12)9-3-2-4-10-18-16/h7-8,11-12,18H,2-6,9-10H2,1H3. The lowest BCUT2D eigenvalue weighted by atomic mass is 9.81. The quantitative estimate of drug-likeness (QED) is 0.899. The van der Waals surface area contributed by atoms with Gasteiger partial charge in [-0.2, -0.15) is 0 Å². The fourth-order valence-electron chi connectivity index (χ4n) is 3.46. The zero-order valence-electron chi connectivity index (χ0n) is 11.5. The van der Waals surface area contributed by atoms with Crippen LogP contribution in [0, 0.1) is 11.7 Å². The predicted molar refractivity (Wildman–Crippen MR) is 73.8 cm³/mol. The Hall–Kier alpha value is -1.09. The molecule has 0 spiro atoms. The van der Waals surface area contributed by atoms with Crippen LogP contribution in [0.3, 0.4) is 0 Å². The second-order valence-corrected chi connectivity index (χ2v) is 5.83. The van der Waals surface area contributed by atoms with Gasteiger partial charge in [0.15, 0.2) is 11.6 Å². The van der Waals surface area contributed by atoms with Gasteiger partial charge in [-0.25, -0.2) is 4.39 Å². The van der Waals surface area contributed by atoms with E-state index < -0.39 is 0 Å². The van der Waals surface area contributed by atoms with Gasteiger partial charge in [-0.1, -0.05) is 18.9 Å². The highest BCUT2D eigenvalue weighted by molar-refractivity contribution is 5.35. The van der Waals surface area contributed by atoms with Crippen LogP contribution >= 0.6 is 0 Å². The molecule has 1 N–H and O–H groups in total. The van der Waals surface area contributed by atoms with Crippen molar-refractivity contribution in [3.63, 3.8) is 0 Å². The molecule has 1 saturated carbocycles. The Morgan fingerprint density at radius 1 is 1.26 bits per heavy atom. The fraction of sp³-hybridized carbons (Fsp3) is 0.625. The first-order valence-corrected chi connectivity index (χ1v) is 7.35. The Bertz CT molecular complexity index is 448. The molecule has 1 aliphatic carbocycles. The SMILES string of the molecule is COc1ccc(C2(C3CC3)CCCCCN2)cc1F. The molecule has 1 heterocycles. The summed E-state index contributed by atoms with van der Waals surface area (Å²) in [5, 5.41) is 3.73. The molecule has 1 unspecified atom stereocenters. The number of nitrogens with one attached hydrogen (secondary N) is 1. The van der Waals surface area contributed by atoms with Crippen molar-refractivity contribution in [1.29, 1.82) is 0 Å². The Kier molecular flexibility index (Phi) is 3.48. The third-order valence-electron chi connectivity index (χ3n) is 4.63. The first-order valence-electron chi connectivity index (χ1n) is 7.35. The van der Waals surface area contributed by atoms with E-state index in [1.165, 1.54) is 39.2 Å². The lowest BCUT2D eigenvalue weighted by Gasteiger charge is -2.35. The summed E-state index contributed by atoms with van der Waals surface area (Å²) in [5.41, 5.74) is 1.11. The molecule has 2 nitrogen and oxygen atoms in total. The highest BCUT2D eigenvalue weighted by Crippen LogP contribution is 2.49. The van der Waals surface area contributed by atoms with Crippen LogP contribution in [0.15, 0.2) is 18.2 Å². The van der Waals surface area contributed by atoms with E-state index in [9.17, 15) is 4.39 Å². The lowest BCUT2D eigenvalue weighted by molar-refractivity contribution is 0.277. The zero-order chi connectivity index (χ0) is 13.3. The van der Waals surface area contributed by atoms with Crippen molar-refractivity contribution in [2.24, 2.45) is 5.92 Å². The van der Waals surface area contributed by atoms with Crippen molar-refractivity contribution < 1.29 is 9.13 Å². The Morgan fingerprint density at radius 3 is 2.79 bits per heavy atom. The maximum absolute atomic E-state index is 14.0. The van der Waals surface area contributed by atoms with Gasteiger partial charge in [0.05, 0.1) is 7.11 Å². The molecular formula is C16H22FNO. The number of rotatable bonds is 3. The van der Waals surface area contributed by atoms with Crippen LogP contribution in [-0.2, 0) is 5.54 Å². The van der Waals surface area contributed by atoms with Crippen molar-refractivity contribution >= 4 is 0 Å². The Labute approximate surface area is 114 Å². The molecule has 104 valence electrons. The molecule has 1 aromatic carbocycles. The summed E-state index contributed by atoms with van der Waals surface area (Å²) >= 11 is 0. The zero-order valence-corrected chi connectivity index (χ0v) is 11.5. The number of benzene rings is 1. The summed E-state index contributed by atoms with van der Waals surface area (Å²) < 4.78 is 19.0. The fourth-order valence-corrected chi connectivity index (χ4v) is 3.46. The van der Waals surface area contributed by atoms with E-state index in [1.807, 2.05) is 6.07 Å². The van der Waals surface area contributed by atoms with E-state index in [0.29, 0.717) is 11.7 Å². The molecule has 1 atom stereocenters. The van der Waals surface area contributed by atoms with Gasteiger partial charge in [0.2, 0.25) is 0 Å². The molecule has 0 amide bonds. The highest BCUT2D eigenvalue weighted by atomic mass is 19.1. The van der Waals surface area contributed by atoms with Gasteiger partial charge in [0.1, 0.15) is 0 Å². The molecule has 1 saturated heterocycles. The molecule has 0 bridgehead atoms. The minimum Gasteiger partial charge on any atom is -0.494 e. The first kappa shape index (κ1) is 12.9. The topological polar surface area (TPSA) is 21.3 Å². The number of ether oxygens (including phenoxy) is 1. The van der Waals surface area contributed by atoms with Crippen LogP contribution in [0.1, 0.15) is 44.1 Å². The van der Waals surface area contributed by atoms with E-state index >= 15 is 0 Å². The normalized spacial score (nSPS) is 27.9. The van der Waals surface area contributed by atoms with E-state index in [4.69, 9.17) is 4.74 Å². The van der Waals surface area contributed by atoms with Crippen molar-refractivity contribution in [3.8, 4) is 5.75 Å². The maximum atomic E-state index is 14.0. The average molecular weight is 263 g/mol. The minimum absolute atomic E-state index is 0.00358. The van der Waals surface area contributed by atoms with Crippen LogP contribution < -0.4 is 10.1 Å². The minimum atomic E-state index is -0.244. The van der Waals surface area contributed by atoms with E-state index in [2.05, 4.69) is 5.32 Å². The smallest absolute Gasteiger partial charge is 0.165 e. The molecule has 0 aromatic heterocycles. The van der Waals surface area contributed by atoms with Gasteiger partial charge in [0, 0.05) is 5.54 Å². The second kappa shape index (κ2) is 5.12. The molecular weight excluding hydrogens is 241 g/mol. The van der Waals surface area contributed by atoms with E-state index in [0.717, 1.165) is 18.5 Å². The maximum Gasteiger partial charge on any atom is 0.165 e. The molecule has 1 aromatic rings. The molecule has 3 rings (SSSR count). The average Bonchev–Trinajstić information content (AvgIpc) is 3.25. The molecule has 0 radical (unpaired) electrons. The summed E-state index contributed by atoms with van der Waals surface area (Å²) in [4.78, 5) is 0. The van der Waals surface area contributed by atoms with Crippen LogP contribution in [0.2, 0.25) is 0 Å². The molecule has 2 fully saturated rings. The summed E-state index contributed by atoms with van der Waals surface area (Å²) in [7, 11) is 1.51. The van der Waals surface area contributed by atoms with Gasteiger partial charge in [-0.3, -0.25) is 0 Å². The van der Waals surface area contributed by atoms with Crippen LogP contribution in [-0.4, -0.2) is 13.7 Å². The van der Waals surface area contributed by atoms with Gasteiger partial charge >= 0.3 is 0 Å². The largest absolute Gasteiger partial charge is 0.494 e. The van der Waals surface area contributed by atoms with Gasteiger partial charge in [0.25, 0.3) is 0 Å². The Balaban J connectivity index is 1.97. The third-order valence-corrected chi connectivity index (χ3v) is 4.63. The van der Waals surface area contributed by atoms with Gasteiger partial charge < -0.3 is 10.1 Å². The number of methoxy groups -OCH3 is 1. The summed E-state index contributed by atoms with van der Waals surface area (Å²) in [6.45, 7) is 1.05. The molecule has 2 aliphatic rings. The van der Waals surface area contributed by atoms with Crippen molar-refractivity contribution in [2.75, 3.05) is 13.7 Å². The molecule has 19 heavy (non-hydrogen) atoms. The van der Waals surface area contributed by atoms with Crippen LogP contribution in [0.4, 0.5) is 4.39 Å². The lowest BCUT2D eigenvalue weighted by Crippen LogP contribution is -2.44. The third kappa shape index (κ3) is 2.36. The summed E-state index contributed by atoms with van der Waals surface area (Å²) in [5.74, 6) is 0.771. The van der Waals surface area contributed by atoms with E-state index in [1.54, 1.807) is 12.1 Å². The Morgan fingerprint density at radius 2 is 2.11 bits per heavy atom. The van der Waals surface area contributed by atoms with Crippen molar-refractivity contribution in [2.45, 2.75) is 44.1 Å². The van der Waals surface area contributed by atoms with Crippen LogP contribution in [0.5, 0.6) is 5.75 Å². The van der Waals surface area contributed by atoms with Crippen molar-refractivity contribution in [1.82, 2.24) is 5.32 Å². The predicted octanol–water partition coefficient (Wildman–Crippen LogP) is 3.60.